The van der Waals surface area contributed by atoms with Crippen LogP contribution in [0.25, 0.3) is 16.7 Å². The second kappa shape index (κ2) is 6.54. The molecule has 0 aliphatic rings. The molecule has 1 aromatic heterocycles. The molecule has 0 unspecified atom stereocenters. The van der Waals surface area contributed by atoms with E-state index < -0.39 is 0 Å². The molecule has 0 saturated heterocycles. The Morgan fingerprint density at radius 1 is 1.16 bits per heavy atom. The summed E-state index contributed by atoms with van der Waals surface area (Å²) in [5, 5.41) is 19.9. The Balaban J connectivity index is 2.16. The van der Waals surface area contributed by atoms with Crippen LogP contribution in [0.3, 0.4) is 0 Å². The SMILES string of the molecule is C=C=NCCc1cc(-n2nc3ccccc3n2)c(O)c(C(C)(C)C)c1. The fraction of sp³-hybridized carbons (Fsp3) is 0.300. The van der Waals surface area contributed by atoms with E-state index in [9.17, 15) is 5.11 Å². The first kappa shape index (κ1) is 16.9. The zero-order valence-corrected chi connectivity index (χ0v) is 14.8. The average molecular weight is 334 g/mol. The fourth-order valence-electron chi connectivity index (χ4n) is 2.78. The van der Waals surface area contributed by atoms with Crippen LogP contribution in [0, 0.1) is 0 Å². The monoisotopic (exact) mass is 334 g/mol. The van der Waals surface area contributed by atoms with Gasteiger partial charge in [0.05, 0.1) is 6.54 Å². The molecule has 0 atom stereocenters. The van der Waals surface area contributed by atoms with Crippen molar-refractivity contribution < 1.29 is 5.11 Å². The van der Waals surface area contributed by atoms with Gasteiger partial charge in [0.1, 0.15) is 22.5 Å². The molecule has 1 heterocycles. The van der Waals surface area contributed by atoms with E-state index in [0.29, 0.717) is 12.2 Å². The number of phenolic OH excluding ortho intramolecular Hbond substituents is 1. The van der Waals surface area contributed by atoms with Crippen molar-refractivity contribution in [1.82, 2.24) is 15.0 Å². The third-order valence-corrected chi connectivity index (χ3v) is 4.08. The van der Waals surface area contributed by atoms with E-state index in [1.165, 1.54) is 4.80 Å². The Morgan fingerprint density at radius 3 is 2.36 bits per heavy atom. The topological polar surface area (TPSA) is 63.3 Å². The van der Waals surface area contributed by atoms with E-state index in [-0.39, 0.29) is 11.2 Å². The van der Waals surface area contributed by atoms with Gasteiger partial charge in [-0.1, -0.05) is 39.0 Å². The Bertz CT molecular complexity index is 926. The van der Waals surface area contributed by atoms with Gasteiger partial charge in [0.25, 0.3) is 0 Å². The summed E-state index contributed by atoms with van der Waals surface area (Å²) in [5.74, 6) is 2.77. The number of aliphatic imine (C=N–C) groups is 1. The number of phenols is 1. The van der Waals surface area contributed by atoms with E-state index in [1.54, 1.807) is 0 Å². The summed E-state index contributed by atoms with van der Waals surface area (Å²) >= 11 is 0. The van der Waals surface area contributed by atoms with Crippen molar-refractivity contribution in [2.45, 2.75) is 32.6 Å². The van der Waals surface area contributed by atoms with Crippen molar-refractivity contribution in [1.29, 1.82) is 0 Å². The van der Waals surface area contributed by atoms with Gasteiger partial charge in [-0.25, -0.2) is 4.99 Å². The Hall–Kier alpha value is -2.91. The van der Waals surface area contributed by atoms with Crippen LogP contribution in [0.5, 0.6) is 5.75 Å². The van der Waals surface area contributed by atoms with Crippen LogP contribution in [0.4, 0.5) is 0 Å². The summed E-state index contributed by atoms with van der Waals surface area (Å²) in [6.07, 6.45) is 0.736. The number of nitrogens with zero attached hydrogens (tertiary/aromatic N) is 4. The number of benzene rings is 2. The third kappa shape index (κ3) is 3.47. The fourth-order valence-corrected chi connectivity index (χ4v) is 2.78. The second-order valence-corrected chi connectivity index (χ2v) is 7.03. The quantitative estimate of drug-likeness (QED) is 0.738. The molecule has 1 N–H and O–H groups in total. The lowest BCUT2D eigenvalue weighted by Crippen LogP contribution is -2.14. The Kier molecular flexibility index (Phi) is 4.43. The van der Waals surface area contributed by atoms with Crippen LogP contribution < -0.4 is 0 Å². The summed E-state index contributed by atoms with van der Waals surface area (Å²) in [7, 11) is 0. The summed E-state index contributed by atoms with van der Waals surface area (Å²) < 4.78 is 0. The minimum Gasteiger partial charge on any atom is -0.505 e. The first-order valence-electron chi connectivity index (χ1n) is 8.27. The van der Waals surface area contributed by atoms with E-state index in [2.05, 4.69) is 48.4 Å². The summed E-state index contributed by atoms with van der Waals surface area (Å²) in [4.78, 5) is 5.57. The molecule has 0 fully saturated rings. The predicted octanol–water partition coefficient (Wildman–Crippen LogP) is 3.82. The van der Waals surface area contributed by atoms with Gasteiger partial charge in [0.15, 0.2) is 0 Å². The van der Waals surface area contributed by atoms with Gasteiger partial charge in [-0.3, -0.25) is 0 Å². The van der Waals surface area contributed by atoms with Crippen molar-refractivity contribution >= 4 is 16.9 Å². The van der Waals surface area contributed by atoms with E-state index in [0.717, 1.165) is 28.6 Å². The molecule has 0 saturated carbocycles. The maximum absolute atomic E-state index is 10.9. The standard InChI is InChI=1S/C20H22N4O/c1-5-21-11-10-14-12-15(20(2,3)4)19(25)18(13-14)24-22-16-8-6-7-9-17(16)23-24/h6-9,12-13,25H,1,10-11H2,2-4H3. The van der Waals surface area contributed by atoms with Crippen LogP contribution in [0.2, 0.25) is 0 Å². The van der Waals surface area contributed by atoms with Gasteiger partial charge in [-0.05, 0) is 48.0 Å². The Morgan fingerprint density at radius 2 is 1.80 bits per heavy atom. The predicted molar refractivity (Wildman–Crippen MR) is 101 cm³/mol. The lowest BCUT2D eigenvalue weighted by Gasteiger charge is -2.23. The molecule has 0 bridgehead atoms. The number of fused-ring (bicyclic) bond motifs is 1. The van der Waals surface area contributed by atoms with Crippen molar-refractivity contribution in [3.8, 4) is 11.4 Å². The highest BCUT2D eigenvalue weighted by atomic mass is 16.3. The van der Waals surface area contributed by atoms with Crippen LogP contribution in [0.1, 0.15) is 31.9 Å². The van der Waals surface area contributed by atoms with Crippen molar-refractivity contribution in [2.75, 3.05) is 6.54 Å². The summed E-state index contributed by atoms with van der Waals surface area (Å²) in [5.41, 5.74) is 3.90. The molecule has 0 amide bonds. The molecule has 0 aliphatic carbocycles. The maximum Gasteiger partial charge on any atom is 0.146 e. The van der Waals surface area contributed by atoms with Crippen LogP contribution in [0.15, 0.2) is 48.0 Å². The summed E-state index contributed by atoms with van der Waals surface area (Å²) in [6.45, 7) is 10.3. The minimum absolute atomic E-state index is 0.205. The molecule has 5 heteroatoms. The lowest BCUT2D eigenvalue weighted by atomic mass is 9.84. The molecule has 128 valence electrons. The third-order valence-electron chi connectivity index (χ3n) is 4.08. The highest BCUT2D eigenvalue weighted by molar-refractivity contribution is 5.73. The molecule has 2 aromatic carbocycles. The van der Waals surface area contributed by atoms with Crippen LogP contribution in [-0.4, -0.2) is 32.5 Å². The first-order chi connectivity index (χ1) is 11.9. The smallest absolute Gasteiger partial charge is 0.146 e. The molecular formula is C20H22N4O. The lowest BCUT2D eigenvalue weighted by molar-refractivity contribution is 0.440. The van der Waals surface area contributed by atoms with Gasteiger partial charge in [-0.2, -0.15) is 0 Å². The summed E-state index contributed by atoms with van der Waals surface area (Å²) in [6, 6.07) is 11.6. The highest BCUT2D eigenvalue weighted by Crippen LogP contribution is 2.36. The molecule has 3 rings (SSSR count). The van der Waals surface area contributed by atoms with Crippen LogP contribution in [-0.2, 0) is 11.8 Å². The number of rotatable bonds is 4. The normalized spacial score (nSPS) is 11.5. The molecule has 25 heavy (non-hydrogen) atoms. The largest absolute Gasteiger partial charge is 0.505 e. The van der Waals surface area contributed by atoms with Crippen molar-refractivity contribution in [3.63, 3.8) is 0 Å². The van der Waals surface area contributed by atoms with E-state index in [4.69, 9.17) is 0 Å². The maximum atomic E-state index is 10.9. The zero-order valence-electron chi connectivity index (χ0n) is 14.8. The first-order valence-corrected chi connectivity index (χ1v) is 8.27. The van der Waals surface area contributed by atoms with E-state index >= 15 is 0 Å². The van der Waals surface area contributed by atoms with Gasteiger partial charge in [0, 0.05) is 5.56 Å². The highest BCUT2D eigenvalue weighted by Gasteiger charge is 2.23. The van der Waals surface area contributed by atoms with Gasteiger partial charge in [0.2, 0.25) is 0 Å². The molecule has 0 radical (unpaired) electrons. The Labute approximate surface area is 147 Å². The van der Waals surface area contributed by atoms with Gasteiger partial charge < -0.3 is 5.11 Å². The number of aromatic hydroxyl groups is 1. The molecule has 0 spiro atoms. The average Bonchev–Trinajstić information content (AvgIpc) is 2.99. The van der Waals surface area contributed by atoms with E-state index in [1.807, 2.05) is 36.4 Å². The number of hydrogen-bond donors (Lipinski definition) is 1. The number of aromatic nitrogens is 3. The zero-order chi connectivity index (χ0) is 18.0. The van der Waals surface area contributed by atoms with Gasteiger partial charge in [-0.15, -0.1) is 15.0 Å². The molecule has 3 aromatic rings. The van der Waals surface area contributed by atoms with Crippen molar-refractivity contribution in [3.05, 3.63) is 54.1 Å². The van der Waals surface area contributed by atoms with Crippen molar-refractivity contribution in [2.24, 2.45) is 4.99 Å². The van der Waals surface area contributed by atoms with Gasteiger partial charge >= 0.3 is 0 Å². The second-order valence-electron chi connectivity index (χ2n) is 7.03. The molecule has 0 aliphatic heterocycles. The molecule has 5 nitrogen and oxygen atoms in total. The minimum atomic E-state index is -0.205. The van der Waals surface area contributed by atoms with Crippen LogP contribution >= 0.6 is 0 Å². The number of hydrogen-bond acceptors (Lipinski definition) is 4. The molecular weight excluding hydrogens is 312 g/mol.